The van der Waals surface area contributed by atoms with E-state index in [1.807, 2.05) is 0 Å². The van der Waals surface area contributed by atoms with Crippen LogP contribution in [0.3, 0.4) is 0 Å². The van der Waals surface area contributed by atoms with Gasteiger partial charge < -0.3 is 4.90 Å². The van der Waals surface area contributed by atoms with Gasteiger partial charge in [-0.05, 0) is 36.8 Å². The van der Waals surface area contributed by atoms with E-state index in [4.69, 9.17) is 11.6 Å². The molecule has 0 N–H and O–H groups in total. The Balaban J connectivity index is 1.77. The summed E-state index contributed by atoms with van der Waals surface area (Å²) in [5.41, 5.74) is -0.787. The lowest BCUT2D eigenvalue weighted by molar-refractivity contribution is -0.142. The van der Waals surface area contributed by atoms with E-state index in [1.54, 1.807) is 22.4 Å². The van der Waals surface area contributed by atoms with Crippen molar-refractivity contribution in [2.75, 3.05) is 13.1 Å². The molecule has 5 nitrogen and oxygen atoms in total. The van der Waals surface area contributed by atoms with Crippen LogP contribution in [-0.4, -0.2) is 38.5 Å². The molecule has 1 aliphatic rings. The van der Waals surface area contributed by atoms with E-state index < -0.39 is 11.9 Å². The van der Waals surface area contributed by atoms with Gasteiger partial charge in [0, 0.05) is 13.1 Å². The largest absolute Gasteiger partial charge is 0.433 e. The van der Waals surface area contributed by atoms with Crippen molar-refractivity contribution in [3.8, 4) is 10.6 Å². The molecule has 1 amide bonds. The molecule has 148 valence electrons. The van der Waals surface area contributed by atoms with Crippen molar-refractivity contribution in [2.45, 2.75) is 31.9 Å². The zero-order valence-corrected chi connectivity index (χ0v) is 16.2. The van der Waals surface area contributed by atoms with Crippen molar-refractivity contribution < 1.29 is 18.0 Å². The zero-order valence-electron chi connectivity index (χ0n) is 14.7. The number of nitrogens with zero attached hydrogens (tertiary/aromatic N) is 4. The van der Waals surface area contributed by atoms with E-state index in [0.29, 0.717) is 22.5 Å². The van der Waals surface area contributed by atoms with Gasteiger partial charge in [0.25, 0.3) is 0 Å². The number of piperidine rings is 1. The van der Waals surface area contributed by atoms with E-state index in [2.05, 4.69) is 10.1 Å². The first-order valence-electron chi connectivity index (χ1n) is 8.81. The van der Waals surface area contributed by atoms with Crippen LogP contribution < -0.4 is 0 Å². The molecular formula is C18H16ClF3N4OS. The molecule has 1 fully saturated rings. The first-order valence-corrected chi connectivity index (χ1v) is 10.1. The third-order valence-electron chi connectivity index (χ3n) is 4.69. The molecule has 4 heterocycles. The Morgan fingerprint density at radius 2 is 2.00 bits per heavy atom. The van der Waals surface area contributed by atoms with Crippen LogP contribution in [0.5, 0.6) is 0 Å². The summed E-state index contributed by atoms with van der Waals surface area (Å²) in [4.78, 5) is 19.1. The first-order chi connectivity index (χ1) is 13.3. The third kappa shape index (κ3) is 3.60. The summed E-state index contributed by atoms with van der Waals surface area (Å²) in [6, 6.07) is 4.38. The number of carbonyl (C=O) groups excluding carboxylic acids is 1. The smallest absolute Gasteiger partial charge is 0.342 e. The number of hydrogen-bond donors (Lipinski definition) is 0. The average Bonchev–Trinajstić information content (AvgIpc) is 3.30. The summed E-state index contributed by atoms with van der Waals surface area (Å²) in [7, 11) is 0. The second kappa shape index (κ2) is 7.36. The Bertz CT molecular complexity index is 1010. The molecule has 0 unspecified atom stereocenters. The van der Waals surface area contributed by atoms with Gasteiger partial charge in [-0.15, -0.1) is 11.3 Å². The predicted octanol–water partition coefficient (Wildman–Crippen LogP) is 4.69. The fourth-order valence-electron chi connectivity index (χ4n) is 3.30. The minimum atomic E-state index is -4.64. The summed E-state index contributed by atoms with van der Waals surface area (Å²) in [5, 5.41) is 5.73. The number of alkyl halides is 3. The molecule has 0 saturated carbocycles. The molecule has 3 aromatic rings. The van der Waals surface area contributed by atoms with Crippen LogP contribution in [-0.2, 0) is 17.4 Å². The van der Waals surface area contributed by atoms with E-state index >= 15 is 0 Å². The van der Waals surface area contributed by atoms with Gasteiger partial charge in [-0.25, -0.2) is 9.50 Å². The van der Waals surface area contributed by atoms with Crippen LogP contribution in [0.1, 0.15) is 30.7 Å². The standard InChI is InChI=1S/C18H16ClF3N4OS/c19-16-12(10-15(27)25-6-2-1-3-7-25)24-26-14(18(20,21)22)9-11(23-17(16)26)13-5-4-8-28-13/h4-5,8-9H,1-3,6-7,10H2. The molecular weight excluding hydrogens is 413 g/mol. The number of likely N-dealkylation sites (tertiary alicyclic amines) is 1. The molecule has 0 aromatic carbocycles. The Morgan fingerprint density at radius 1 is 1.25 bits per heavy atom. The molecule has 0 radical (unpaired) electrons. The van der Waals surface area contributed by atoms with Gasteiger partial charge in [0.05, 0.1) is 22.7 Å². The Hall–Kier alpha value is -2.13. The fraction of sp³-hybridized carbons (Fsp3) is 0.389. The molecule has 1 saturated heterocycles. The lowest BCUT2D eigenvalue weighted by atomic mass is 10.1. The predicted molar refractivity (Wildman–Crippen MR) is 100 cm³/mol. The highest BCUT2D eigenvalue weighted by atomic mass is 35.5. The van der Waals surface area contributed by atoms with Gasteiger partial charge in [-0.2, -0.15) is 18.3 Å². The number of fused-ring (bicyclic) bond motifs is 1. The highest BCUT2D eigenvalue weighted by Gasteiger charge is 2.36. The summed E-state index contributed by atoms with van der Waals surface area (Å²) < 4.78 is 41.6. The van der Waals surface area contributed by atoms with Crippen LogP contribution >= 0.6 is 22.9 Å². The van der Waals surface area contributed by atoms with Crippen molar-refractivity contribution >= 4 is 34.5 Å². The number of halogens is 4. The summed E-state index contributed by atoms with van der Waals surface area (Å²) in [5.74, 6) is -0.183. The van der Waals surface area contributed by atoms with Gasteiger partial charge >= 0.3 is 6.18 Å². The van der Waals surface area contributed by atoms with Crippen molar-refractivity contribution in [1.29, 1.82) is 0 Å². The summed E-state index contributed by atoms with van der Waals surface area (Å²) in [6.07, 6.45) is -1.86. The van der Waals surface area contributed by atoms with Crippen LogP contribution in [0.25, 0.3) is 16.2 Å². The summed E-state index contributed by atoms with van der Waals surface area (Å²) >= 11 is 7.60. The van der Waals surface area contributed by atoms with Crippen LogP contribution in [0.4, 0.5) is 13.2 Å². The number of amides is 1. The van der Waals surface area contributed by atoms with Gasteiger partial charge in [0.15, 0.2) is 11.3 Å². The quantitative estimate of drug-likeness (QED) is 0.608. The molecule has 3 aromatic heterocycles. The Kier molecular flexibility index (Phi) is 5.05. The highest BCUT2D eigenvalue weighted by Crippen LogP contribution is 2.35. The molecule has 0 bridgehead atoms. The lowest BCUT2D eigenvalue weighted by Gasteiger charge is -2.26. The highest BCUT2D eigenvalue weighted by molar-refractivity contribution is 7.13. The monoisotopic (exact) mass is 428 g/mol. The number of aromatic nitrogens is 3. The number of rotatable bonds is 3. The normalized spacial score (nSPS) is 15.4. The van der Waals surface area contributed by atoms with Gasteiger partial charge in [-0.1, -0.05) is 17.7 Å². The van der Waals surface area contributed by atoms with Crippen LogP contribution in [0.2, 0.25) is 5.02 Å². The van der Waals surface area contributed by atoms with Crippen LogP contribution in [0.15, 0.2) is 23.6 Å². The van der Waals surface area contributed by atoms with E-state index in [1.165, 1.54) is 11.3 Å². The van der Waals surface area contributed by atoms with Crippen LogP contribution in [0, 0.1) is 0 Å². The molecule has 0 spiro atoms. The minimum Gasteiger partial charge on any atom is -0.342 e. The van der Waals surface area contributed by atoms with Crippen molar-refractivity contribution in [2.24, 2.45) is 0 Å². The fourth-order valence-corrected chi connectivity index (χ4v) is 4.21. The molecule has 0 aliphatic carbocycles. The SMILES string of the molecule is O=C(Cc1nn2c(C(F)(F)F)cc(-c3cccs3)nc2c1Cl)N1CCCCC1. The minimum absolute atomic E-state index is 0.0192. The molecule has 1 aliphatic heterocycles. The molecule has 10 heteroatoms. The number of carbonyl (C=O) groups is 1. The van der Waals surface area contributed by atoms with Crippen molar-refractivity contribution in [3.63, 3.8) is 0 Å². The van der Waals surface area contributed by atoms with Gasteiger partial charge in [0.1, 0.15) is 5.02 Å². The Morgan fingerprint density at radius 3 is 2.64 bits per heavy atom. The second-order valence-corrected chi connectivity index (χ2v) is 7.94. The first kappa shape index (κ1) is 19.2. The Labute approximate surface area is 167 Å². The maximum absolute atomic E-state index is 13.6. The van der Waals surface area contributed by atoms with E-state index in [9.17, 15) is 18.0 Å². The van der Waals surface area contributed by atoms with Crippen molar-refractivity contribution in [1.82, 2.24) is 19.5 Å². The zero-order chi connectivity index (χ0) is 19.9. The maximum Gasteiger partial charge on any atom is 0.433 e. The third-order valence-corrected chi connectivity index (χ3v) is 5.97. The van der Waals surface area contributed by atoms with E-state index in [0.717, 1.165) is 25.3 Å². The molecule has 28 heavy (non-hydrogen) atoms. The maximum atomic E-state index is 13.6. The average molecular weight is 429 g/mol. The lowest BCUT2D eigenvalue weighted by Crippen LogP contribution is -2.36. The second-order valence-electron chi connectivity index (χ2n) is 6.62. The molecule has 0 atom stereocenters. The summed E-state index contributed by atoms with van der Waals surface area (Å²) in [6.45, 7) is 1.30. The topological polar surface area (TPSA) is 50.5 Å². The van der Waals surface area contributed by atoms with Gasteiger partial charge in [0.2, 0.25) is 5.91 Å². The number of hydrogen-bond acceptors (Lipinski definition) is 4. The van der Waals surface area contributed by atoms with Gasteiger partial charge in [-0.3, -0.25) is 4.79 Å². The molecule has 4 rings (SSSR count). The van der Waals surface area contributed by atoms with E-state index in [-0.39, 0.29) is 34.4 Å². The van der Waals surface area contributed by atoms with Crippen molar-refractivity contribution in [3.05, 3.63) is 40.0 Å². The number of thiophene rings is 1.